The Morgan fingerprint density at radius 3 is 2.13 bits per heavy atom. The summed E-state index contributed by atoms with van der Waals surface area (Å²) in [5, 5.41) is 13.3. The maximum absolute atomic E-state index is 13.0. The largest absolute Gasteiger partial charge is 0.445 e. The van der Waals surface area contributed by atoms with Crippen molar-refractivity contribution < 1.29 is 38.3 Å². The van der Waals surface area contributed by atoms with E-state index in [1.165, 1.54) is 16.7 Å². The normalized spacial score (nSPS) is 15.6. The number of ether oxygens (including phenoxy) is 1. The van der Waals surface area contributed by atoms with Gasteiger partial charge in [0, 0.05) is 44.6 Å². The van der Waals surface area contributed by atoms with Crippen molar-refractivity contribution in [1.82, 2.24) is 26.2 Å². The molecule has 2 rings (SSSR count). The number of carbonyl (C=O) groups excluding carboxylic acids is 7. The number of likely N-dealkylation sites (tertiary alicyclic amines) is 1. The zero-order valence-electron chi connectivity index (χ0n) is 32.6. The molecule has 7 amide bonds. The summed E-state index contributed by atoms with van der Waals surface area (Å²) in [5.41, 5.74) is 1.24. The summed E-state index contributed by atoms with van der Waals surface area (Å²) in [4.78, 5) is 88.3. The van der Waals surface area contributed by atoms with E-state index in [1.807, 2.05) is 6.26 Å². The minimum absolute atomic E-state index is 0.00479. The molecule has 1 aliphatic heterocycles. The predicted molar refractivity (Wildman–Crippen MR) is 206 cm³/mol. The van der Waals surface area contributed by atoms with Gasteiger partial charge in [0.1, 0.15) is 18.7 Å². The van der Waals surface area contributed by atoms with Crippen molar-refractivity contribution in [2.75, 3.05) is 31.2 Å². The van der Waals surface area contributed by atoms with E-state index >= 15 is 0 Å². The summed E-state index contributed by atoms with van der Waals surface area (Å²) in [5.74, 6) is -1.36. The van der Waals surface area contributed by atoms with Crippen LogP contribution in [0.5, 0.6) is 0 Å². The summed E-state index contributed by atoms with van der Waals surface area (Å²) in [7, 11) is 0. The molecular weight excluding hydrogens is 701 g/mol. The number of amides is 7. The van der Waals surface area contributed by atoms with Crippen LogP contribution in [0.15, 0.2) is 24.3 Å². The van der Waals surface area contributed by atoms with Gasteiger partial charge in [-0.15, -0.1) is 0 Å². The maximum Gasteiger partial charge on any atom is 0.407 e. The Morgan fingerprint density at radius 1 is 0.868 bits per heavy atom. The van der Waals surface area contributed by atoms with E-state index in [-0.39, 0.29) is 66.2 Å². The van der Waals surface area contributed by atoms with E-state index in [0.29, 0.717) is 55.9 Å². The first-order valence-electron chi connectivity index (χ1n) is 18.5. The van der Waals surface area contributed by atoms with Gasteiger partial charge in [-0.3, -0.25) is 33.7 Å². The van der Waals surface area contributed by atoms with Crippen LogP contribution in [-0.4, -0.2) is 89.7 Å². The molecule has 1 saturated heterocycles. The highest BCUT2D eigenvalue weighted by molar-refractivity contribution is 8.00. The number of rotatable bonds is 22. The molecule has 1 aromatic rings. The lowest BCUT2D eigenvalue weighted by Crippen LogP contribution is -2.53. The molecule has 53 heavy (non-hydrogen) atoms. The van der Waals surface area contributed by atoms with Crippen LogP contribution in [0.1, 0.15) is 99.0 Å². The van der Waals surface area contributed by atoms with Gasteiger partial charge in [0.05, 0.1) is 5.25 Å². The van der Waals surface area contributed by atoms with E-state index in [9.17, 15) is 33.6 Å². The number of anilines is 1. The lowest BCUT2D eigenvalue weighted by atomic mass is 9.77. The third-order valence-corrected chi connectivity index (χ3v) is 10.6. The Morgan fingerprint density at radius 2 is 1.53 bits per heavy atom. The first-order valence-corrected chi connectivity index (χ1v) is 19.8. The molecule has 0 spiro atoms. The second-order valence-corrected chi connectivity index (χ2v) is 15.9. The van der Waals surface area contributed by atoms with Gasteiger partial charge in [-0.05, 0) is 67.4 Å². The number of carbonyl (C=O) groups is 7. The average Bonchev–Trinajstić information content (AvgIpc) is 3.38. The summed E-state index contributed by atoms with van der Waals surface area (Å²) in [6.45, 7) is 14.6. The zero-order chi connectivity index (χ0) is 39.7. The van der Waals surface area contributed by atoms with E-state index in [1.54, 1.807) is 45.0 Å². The molecule has 15 heteroatoms. The van der Waals surface area contributed by atoms with Gasteiger partial charge in [0.25, 0.3) is 0 Å². The number of alkyl carbamates (subject to hydrolysis) is 1. The number of hydrogen-bond acceptors (Lipinski definition) is 9. The Kier molecular flexibility index (Phi) is 18.8. The Hall–Kier alpha value is -4.14. The van der Waals surface area contributed by atoms with Crippen LogP contribution in [0.4, 0.5) is 10.5 Å². The molecule has 0 radical (unpaired) electrons. The van der Waals surface area contributed by atoms with Crippen LogP contribution in [0, 0.1) is 17.3 Å². The maximum atomic E-state index is 13.0. The van der Waals surface area contributed by atoms with Crippen LogP contribution in [-0.2, 0) is 40.1 Å². The van der Waals surface area contributed by atoms with Crippen molar-refractivity contribution in [3.8, 4) is 0 Å². The van der Waals surface area contributed by atoms with Crippen molar-refractivity contribution >= 4 is 59.0 Å². The van der Waals surface area contributed by atoms with Crippen molar-refractivity contribution in [2.45, 2.75) is 117 Å². The van der Waals surface area contributed by atoms with Crippen LogP contribution >= 0.6 is 11.8 Å². The summed E-state index contributed by atoms with van der Waals surface area (Å²) in [6, 6.07) is 4.95. The van der Waals surface area contributed by atoms with E-state index in [2.05, 4.69) is 54.3 Å². The Labute approximate surface area is 318 Å². The zero-order valence-corrected chi connectivity index (χ0v) is 33.4. The first kappa shape index (κ1) is 45.0. The molecule has 1 aliphatic rings. The molecule has 5 N–H and O–H groups in total. The molecule has 1 fully saturated rings. The van der Waals surface area contributed by atoms with Crippen LogP contribution in [0.3, 0.4) is 0 Å². The molecule has 0 saturated carbocycles. The molecule has 1 heterocycles. The monoisotopic (exact) mass is 760 g/mol. The molecule has 1 unspecified atom stereocenters. The predicted octanol–water partition coefficient (Wildman–Crippen LogP) is 4.13. The van der Waals surface area contributed by atoms with Crippen molar-refractivity contribution in [3.05, 3.63) is 29.8 Å². The third-order valence-electron chi connectivity index (χ3n) is 9.66. The summed E-state index contributed by atoms with van der Waals surface area (Å²) in [6.07, 6.45) is 4.60. The second-order valence-electron chi connectivity index (χ2n) is 14.8. The highest BCUT2D eigenvalue weighted by Gasteiger charge is 2.37. The second kappa shape index (κ2) is 22.2. The Balaban J connectivity index is 1.68. The number of nitrogens with one attached hydrogen (secondary N) is 5. The van der Waals surface area contributed by atoms with Gasteiger partial charge in [0.2, 0.25) is 35.4 Å². The topological polar surface area (TPSA) is 192 Å². The van der Waals surface area contributed by atoms with Gasteiger partial charge < -0.3 is 31.3 Å². The smallest absolute Gasteiger partial charge is 0.407 e. The molecule has 3 atom stereocenters. The molecule has 0 aromatic heterocycles. The van der Waals surface area contributed by atoms with Gasteiger partial charge in [0.15, 0.2) is 0 Å². The van der Waals surface area contributed by atoms with Gasteiger partial charge in [-0.25, -0.2) is 4.79 Å². The minimum atomic E-state index is -0.897. The summed E-state index contributed by atoms with van der Waals surface area (Å²) < 4.78 is 5.24. The first-order chi connectivity index (χ1) is 24.9. The van der Waals surface area contributed by atoms with Crippen molar-refractivity contribution in [3.63, 3.8) is 0 Å². The highest BCUT2D eigenvalue weighted by atomic mass is 32.2. The van der Waals surface area contributed by atoms with Gasteiger partial charge in [-0.2, -0.15) is 11.8 Å². The number of unbranched alkanes of at least 4 members (excludes halogenated alkanes) is 2. The molecule has 1 aromatic carbocycles. The number of thioether (sulfide) groups is 1. The average molecular weight is 761 g/mol. The van der Waals surface area contributed by atoms with Gasteiger partial charge >= 0.3 is 6.09 Å². The van der Waals surface area contributed by atoms with Crippen LogP contribution in [0.25, 0.3) is 0 Å². The molecular formula is C38H60N6O8S. The standard InChI is InChI=1S/C38H60N6O8S/c1-24(2)33(43-31(46)12-10-9-11-21-44-32(47)22-29(53-8)36(44)50)35(49)41-26(5)34(48)42-28-15-13-27(14-16-28)23-52-37(51)40-20-19-39-30(45)17-18-38(6,7)25(3)4/h13-16,24-26,29,33H,9-12,17-23H2,1-8H3,(H,39,45)(H,40,51)(H,41,49)(H,42,48)(H,43,46)/t26-,29?,33-/m0/s1. The van der Waals surface area contributed by atoms with E-state index in [0.717, 1.165) is 6.42 Å². The summed E-state index contributed by atoms with van der Waals surface area (Å²) >= 11 is 1.38. The number of imide groups is 1. The molecule has 0 aliphatic carbocycles. The van der Waals surface area contributed by atoms with Gasteiger partial charge in [-0.1, -0.05) is 60.1 Å². The van der Waals surface area contributed by atoms with Crippen LogP contribution in [0.2, 0.25) is 0 Å². The number of nitrogens with zero attached hydrogens (tertiary/aromatic N) is 1. The molecule has 296 valence electrons. The van der Waals surface area contributed by atoms with E-state index < -0.39 is 30.0 Å². The van der Waals surface area contributed by atoms with E-state index in [4.69, 9.17) is 4.74 Å². The fraction of sp³-hybridized carbons (Fsp3) is 0.658. The highest BCUT2D eigenvalue weighted by Crippen LogP contribution is 2.31. The van der Waals surface area contributed by atoms with Crippen molar-refractivity contribution in [1.29, 1.82) is 0 Å². The van der Waals surface area contributed by atoms with Crippen molar-refractivity contribution in [2.24, 2.45) is 17.3 Å². The Bertz CT molecular complexity index is 1420. The number of benzene rings is 1. The number of hydrogen-bond donors (Lipinski definition) is 5. The lowest BCUT2D eigenvalue weighted by Gasteiger charge is -2.28. The third kappa shape index (κ3) is 15.8. The lowest BCUT2D eigenvalue weighted by molar-refractivity contribution is -0.138. The molecule has 0 bridgehead atoms. The fourth-order valence-electron chi connectivity index (χ4n) is 5.27. The quantitative estimate of drug-likeness (QED) is 0.0855. The van der Waals surface area contributed by atoms with Crippen LogP contribution < -0.4 is 26.6 Å². The molecule has 14 nitrogen and oxygen atoms in total. The SMILES string of the molecule is CSC1CC(=O)N(CCCCCC(=O)N[C@H](C(=O)N[C@@H](C)C(=O)Nc2ccc(COC(=O)NCCNC(=O)CCC(C)(C)C(C)C)cc2)C(C)C)C1=O. The minimum Gasteiger partial charge on any atom is -0.445 e. The fourth-order valence-corrected chi connectivity index (χ4v) is 5.91.